The number of hydrogen-bond donors (Lipinski definition) is 1. The van der Waals surface area contributed by atoms with E-state index in [1.54, 1.807) is 0 Å². The third kappa shape index (κ3) is 3.20. The van der Waals surface area contributed by atoms with E-state index in [0.29, 0.717) is 6.04 Å². The van der Waals surface area contributed by atoms with E-state index in [2.05, 4.69) is 35.3 Å². The summed E-state index contributed by atoms with van der Waals surface area (Å²) in [6.45, 7) is 6.10. The molecule has 1 aliphatic rings. The van der Waals surface area contributed by atoms with Gasteiger partial charge in [-0.3, -0.25) is 4.90 Å². The standard InChI is InChI=1S/C14H22N2O/c1-3-13(15-2)11-16-8-9-17-14-7-5-4-6-12(14)10-16/h4-7,13,15H,3,8-11H2,1-2H3. The molecule has 0 aliphatic carbocycles. The normalized spacial score (nSPS) is 18.0. The number of likely N-dealkylation sites (N-methyl/N-ethyl adjacent to an activating group) is 1. The lowest BCUT2D eigenvalue weighted by atomic mass is 10.1. The number of fused-ring (bicyclic) bond motifs is 1. The van der Waals surface area contributed by atoms with Gasteiger partial charge in [-0.1, -0.05) is 25.1 Å². The second-order valence-corrected chi connectivity index (χ2v) is 4.59. The van der Waals surface area contributed by atoms with Crippen molar-refractivity contribution in [3.63, 3.8) is 0 Å². The summed E-state index contributed by atoms with van der Waals surface area (Å²) in [7, 11) is 2.04. The lowest BCUT2D eigenvalue weighted by Gasteiger charge is -2.24. The fraction of sp³-hybridized carbons (Fsp3) is 0.571. The Morgan fingerprint density at radius 3 is 3.00 bits per heavy atom. The van der Waals surface area contributed by atoms with Gasteiger partial charge in [0.05, 0.1) is 0 Å². The quantitative estimate of drug-likeness (QED) is 0.861. The SMILES string of the molecule is CCC(CN1CCOc2ccccc2C1)NC. The van der Waals surface area contributed by atoms with Crippen LogP contribution in [0.25, 0.3) is 0 Å². The van der Waals surface area contributed by atoms with Gasteiger partial charge < -0.3 is 10.1 Å². The molecule has 0 bridgehead atoms. The fourth-order valence-electron chi connectivity index (χ4n) is 2.27. The monoisotopic (exact) mass is 234 g/mol. The van der Waals surface area contributed by atoms with Crippen molar-refractivity contribution < 1.29 is 4.74 Å². The summed E-state index contributed by atoms with van der Waals surface area (Å²) < 4.78 is 5.77. The predicted octanol–water partition coefficient (Wildman–Crippen LogP) is 1.88. The fourth-order valence-corrected chi connectivity index (χ4v) is 2.27. The van der Waals surface area contributed by atoms with Gasteiger partial charge in [0, 0.05) is 31.2 Å². The molecule has 0 aromatic heterocycles. The molecule has 94 valence electrons. The zero-order valence-corrected chi connectivity index (χ0v) is 10.8. The van der Waals surface area contributed by atoms with Crippen molar-refractivity contribution in [3.05, 3.63) is 29.8 Å². The van der Waals surface area contributed by atoms with Gasteiger partial charge in [0.2, 0.25) is 0 Å². The molecule has 2 rings (SSSR count). The number of nitrogens with one attached hydrogen (secondary N) is 1. The van der Waals surface area contributed by atoms with E-state index in [4.69, 9.17) is 4.74 Å². The van der Waals surface area contributed by atoms with E-state index in [1.165, 1.54) is 5.56 Å². The molecular formula is C14H22N2O. The number of benzene rings is 1. The topological polar surface area (TPSA) is 24.5 Å². The molecule has 1 aromatic carbocycles. The van der Waals surface area contributed by atoms with Crippen molar-refractivity contribution in [1.29, 1.82) is 0 Å². The second-order valence-electron chi connectivity index (χ2n) is 4.59. The number of ether oxygens (including phenoxy) is 1. The highest BCUT2D eigenvalue weighted by Crippen LogP contribution is 2.22. The van der Waals surface area contributed by atoms with Crippen LogP contribution < -0.4 is 10.1 Å². The van der Waals surface area contributed by atoms with Crippen LogP contribution in [0.5, 0.6) is 5.75 Å². The Bertz CT molecular complexity index is 350. The summed E-state index contributed by atoms with van der Waals surface area (Å²) in [5.41, 5.74) is 1.30. The molecule has 1 atom stereocenters. The summed E-state index contributed by atoms with van der Waals surface area (Å²) in [5, 5.41) is 3.36. The molecular weight excluding hydrogens is 212 g/mol. The highest BCUT2D eigenvalue weighted by atomic mass is 16.5. The summed E-state index contributed by atoms with van der Waals surface area (Å²) in [6, 6.07) is 8.92. The third-order valence-electron chi connectivity index (χ3n) is 3.41. The van der Waals surface area contributed by atoms with Crippen molar-refractivity contribution in [2.24, 2.45) is 0 Å². The summed E-state index contributed by atoms with van der Waals surface area (Å²) in [4.78, 5) is 2.47. The molecule has 3 nitrogen and oxygen atoms in total. The minimum absolute atomic E-state index is 0.570. The van der Waals surface area contributed by atoms with E-state index < -0.39 is 0 Å². The first kappa shape index (κ1) is 12.4. The Labute approximate surface area is 104 Å². The molecule has 0 spiro atoms. The van der Waals surface area contributed by atoms with Crippen molar-refractivity contribution in [1.82, 2.24) is 10.2 Å². The maximum atomic E-state index is 5.77. The van der Waals surface area contributed by atoms with E-state index in [-0.39, 0.29) is 0 Å². The number of nitrogens with zero attached hydrogens (tertiary/aromatic N) is 1. The third-order valence-corrected chi connectivity index (χ3v) is 3.41. The van der Waals surface area contributed by atoms with Crippen LogP contribution in [-0.2, 0) is 6.54 Å². The maximum absolute atomic E-state index is 5.77. The highest BCUT2D eigenvalue weighted by Gasteiger charge is 2.16. The van der Waals surface area contributed by atoms with Crippen LogP contribution in [0.15, 0.2) is 24.3 Å². The van der Waals surface area contributed by atoms with Crippen LogP contribution in [0.3, 0.4) is 0 Å². The summed E-state index contributed by atoms with van der Waals surface area (Å²) >= 11 is 0. The Morgan fingerprint density at radius 1 is 1.41 bits per heavy atom. The van der Waals surface area contributed by atoms with Crippen molar-refractivity contribution in [3.8, 4) is 5.75 Å². The minimum atomic E-state index is 0.570. The first-order valence-corrected chi connectivity index (χ1v) is 6.43. The van der Waals surface area contributed by atoms with E-state index in [9.17, 15) is 0 Å². The largest absolute Gasteiger partial charge is 0.492 e. The van der Waals surface area contributed by atoms with Gasteiger partial charge in [-0.2, -0.15) is 0 Å². The van der Waals surface area contributed by atoms with Crippen LogP contribution >= 0.6 is 0 Å². The average molecular weight is 234 g/mol. The Kier molecular flexibility index (Phi) is 4.40. The minimum Gasteiger partial charge on any atom is -0.492 e. The summed E-state index contributed by atoms with van der Waals surface area (Å²) in [5.74, 6) is 1.05. The molecule has 17 heavy (non-hydrogen) atoms. The van der Waals surface area contributed by atoms with Crippen LogP contribution in [0.1, 0.15) is 18.9 Å². The molecule has 0 radical (unpaired) electrons. The zero-order valence-electron chi connectivity index (χ0n) is 10.8. The van der Waals surface area contributed by atoms with E-state index in [1.807, 2.05) is 13.1 Å². The van der Waals surface area contributed by atoms with Crippen LogP contribution in [0.4, 0.5) is 0 Å². The van der Waals surface area contributed by atoms with Crippen molar-refractivity contribution in [2.45, 2.75) is 25.9 Å². The lowest BCUT2D eigenvalue weighted by Crippen LogP contribution is -2.39. The highest BCUT2D eigenvalue weighted by molar-refractivity contribution is 5.33. The predicted molar refractivity (Wildman–Crippen MR) is 70.4 cm³/mol. The van der Waals surface area contributed by atoms with Crippen LogP contribution in [-0.4, -0.2) is 37.7 Å². The molecule has 0 saturated carbocycles. The molecule has 0 amide bonds. The van der Waals surface area contributed by atoms with Crippen LogP contribution in [0.2, 0.25) is 0 Å². The molecule has 0 fully saturated rings. The molecule has 1 aromatic rings. The lowest BCUT2D eigenvalue weighted by molar-refractivity contribution is 0.207. The Balaban J connectivity index is 2.02. The van der Waals surface area contributed by atoms with Gasteiger partial charge in [0.1, 0.15) is 12.4 Å². The van der Waals surface area contributed by atoms with E-state index in [0.717, 1.165) is 38.4 Å². The second kappa shape index (κ2) is 6.03. The van der Waals surface area contributed by atoms with Gasteiger partial charge in [0.15, 0.2) is 0 Å². The van der Waals surface area contributed by atoms with Crippen molar-refractivity contribution in [2.75, 3.05) is 26.7 Å². The molecule has 1 heterocycles. The van der Waals surface area contributed by atoms with Gasteiger partial charge in [-0.25, -0.2) is 0 Å². The number of hydrogen-bond acceptors (Lipinski definition) is 3. The maximum Gasteiger partial charge on any atom is 0.123 e. The zero-order chi connectivity index (χ0) is 12.1. The molecule has 3 heteroatoms. The van der Waals surface area contributed by atoms with Gasteiger partial charge in [-0.15, -0.1) is 0 Å². The van der Waals surface area contributed by atoms with Gasteiger partial charge in [0.25, 0.3) is 0 Å². The molecule has 0 saturated heterocycles. The molecule has 1 aliphatic heterocycles. The average Bonchev–Trinajstić information content (AvgIpc) is 2.57. The Morgan fingerprint density at radius 2 is 2.24 bits per heavy atom. The van der Waals surface area contributed by atoms with Gasteiger partial charge >= 0.3 is 0 Å². The molecule has 1 unspecified atom stereocenters. The summed E-state index contributed by atoms with van der Waals surface area (Å²) in [6.07, 6.45) is 1.16. The molecule has 1 N–H and O–H groups in total. The first-order valence-electron chi connectivity index (χ1n) is 6.43. The number of rotatable bonds is 4. The van der Waals surface area contributed by atoms with Crippen molar-refractivity contribution >= 4 is 0 Å². The van der Waals surface area contributed by atoms with Gasteiger partial charge in [-0.05, 0) is 19.5 Å². The van der Waals surface area contributed by atoms with Crippen LogP contribution in [0, 0.1) is 0 Å². The first-order chi connectivity index (χ1) is 8.33. The van der Waals surface area contributed by atoms with E-state index >= 15 is 0 Å². The Hall–Kier alpha value is -1.06. The smallest absolute Gasteiger partial charge is 0.123 e. The number of para-hydroxylation sites is 1.